The molecule has 0 saturated carbocycles. The van der Waals surface area contributed by atoms with Crippen LogP contribution in [0.15, 0.2) is 45.7 Å². The molecule has 0 aliphatic rings. The van der Waals surface area contributed by atoms with Gasteiger partial charge in [0.2, 0.25) is 5.91 Å². The van der Waals surface area contributed by atoms with Crippen molar-refractivity contribution in [1.29, 1.82) is 0 Å². The summed E-state index contributed by atoms with van der Waals surface area (Å²) in [5.41, 5.74) is 6.75. The average Bonchev–Trinajstić information content (AvgIpc) is 2.41. The van der Waals surface area contributed by atoms with Crippen molar-refractivity contribution in [2.24, 2.45) is 10.1 Å². The molecule has 0 atom stereocenters. The minimum atomic E-state index is -3.89. The molecule has 7 nitrogen and oxygen atoms in total. The number of aryl methyl sites for hydroxylation is 2. The van der Waals surface area contributed by atoms with Crippen molar-refractivity contribution in [3.05, 3.63) is 53.1 Å². The van der Waals surface area contributed by atoms with Gasteiger partial charge in [0.05, 0.1) is 10.6 Å². The molecule has 2 N–H and O–H groups in total. The van der Waals surface area contributed by atoms with Crippen LogP contribution in [0, 0.1) is 13.8 Å². The Morgan fingerprint density at radius 1 is 1.18 bits per heavy atom. The zero-order valence-corrected chi connectivity index (χ0v) is 13.0. The molecule has 0 aliphatic carbocycles. The van der Waals surface area contributed by atoms with Crippen LogP contribution < -0.4 is 11.2 Å². The van der Waals surface area contributed by atoms with Gasteiger partial charge in [0.15, 0.2) is 5.49 Å². The Bertz CT molecular complexity index is 868. The lowest BCUT2D eigenvalue weighted by Crippen LogP contribution is -2.31. The van der Waals surface area contributed by atoms with E-state index >= 15 is 0 Å². The molecule has 0 bridgehead atoms. The molecule has 0 radical (unpaired) electrons. The van der Waals surface area contributed by atoms with Crippen molar-refractivity contribution < 1.29 is 13.2 Å². The molecular weight excluding hydrogens is 304 g/mol. The maximum Gasteiger partial charge on any atom is 0.284 e. The zero-order chi connectivity index (χ0) is 16.3. The number of benzene rings is 1. The van der Waals surface area contributed by atoms with Gasteiger partial charge < -0.3 is 5.73 Å². The van der Waals surface area contributed by atoms with Gasteiger partial charge in [-0.25, -0.2) is 4.68 Å². The molecule has 0 fully saturated rings. The summed E-state index contributed by atoms with van der Waals surface area (Å²) in [6.45, 7) is 3.33. The fourth-order valence-corrected chi connectivity index (χ4v) is 2.77. The molecule has 2 rings (SSSR count). The molecule has 1 amide bonds. The van der Waals surface area contributed by atoms with Crippen LogP contribution in [0.25, 0.3) is 0 Å². The molecule has 22 heavy (non-hydrogen) atoms. The number of nitrogens with zero attached hydrogens (tertiary/aromatic N) is 3. The third kappa shape index (κ3) is 3.79. The topological polar surface area (TPSA) is 107 Å². The highest BCUT2D eigenvalue weighted by Gasteiger charge is 2.13. The van der Waals surface area contributed by atoms with Gasteiger partial charge >= 0.3 is 0 Å². The van der Waals surface area contributed by atoms with E-state index in [1.807, 2.05) is 6.92 Å². The van der Waals surface area contributed by atoms with E-state index in [9.17, 15) is 13.2 Å². The van der Waals surface area contributed by atoms with Crippen molar-refractivity contribution in [2.45, 2.75) is 25.3 Å². The molecule has 0 saturated heterocycles. The zero-order valence-electron chi connectivity index (χ0n) is 12.2. The Hall–Kier alpha value is -2.48. The van der Waals surface area contributed by atoms with Crippen LogP contribution in [0.2, 0.25) is 0 Å². The summed E-state index contributed by atoms with van der Waals surface area (Å²) in [6, 6.07) is 9.43. The van der Waals surface area contributed by atoms with Gasteiger partial charge in [0.1, 0.15) is 6.54 Å². The molecule has 1 aromatic carbocycles. The van der Waals surface area contributed by atoms with Gasteiger partial charge in [0.25, 0.3) is 10.0 Å². The van der Waals surface area contributed by atoms with Gasteiger partial charge in [-0.05, 0) is 38.1 Å². The normalized spacial score (nSPS) is 12.4. The maximum atomic E-state index is 12.3. The van der Waals surface area contributed by atoms with E-state index in [-0.39, 0.29) is 16.9 Å². The van der Waals surface area contributed by atoms with Gasteiger partial charge in [-0.2, -0.15) is 13.5 Å². The third-order valence-electron chi connectivity index (χ3n) is 2.85. The minimum Gasteiger partial charge on any atom is -0.368 e. The highest BCUT2D eigenvalue weighted by Crippen LogP contribution is 2.12. The first kappa shape index (κ1) is 15.9. The van der Waals surface area contributed by atoms with Crippen LogP contribution in [-0.4, -0.2) is 24.1 Å². The highest BCUT2D eigenvalue weighted by atomic mass is 32.2. The van der Waals surface area contributed by atoms with Crippen LogP contribution in [0.3, 0.4) is 0 Å². The lowest BCUT2D eigenvalue weighted by molar-refractivity contribution is -0.118. The van der Waals surface area contributed by atoms with Crippen molar-refractivity contribution in [3.63, 3.8) is 0 Å². The lowest BCUT2D eigenvalue weighted by Gasteiger charge is -2.05. The average molecular weight is 320 g/mol. The first-order valence-electron chi connectivity index (χ1n) is 6.49. The van der Waals surface area contributed by atoms with Gasteiger partial charge in [-0.3, -0.25) is 4.79 Å². The molecule has 1 aromatic heterocycles. The molecule has 1 heterocycles. The van der Waals surface area contributed by atoms with Crippen LogP contribution >= 0.6 is 0 Å². The molecule has 2 aromatic rings. The number of aromatic nitrogens is 2. The van der Waals surface area contributed by atoms with E-state index in [0.29, 0.717) is 5.69 Å². The molecular formula is C14H16N4O3S. The number of hydrogen-bond acceptors (Lipinski definition) is 4. The second-order valence-corrected chi connectivity index (χ2v) is 6.44. The monoisotopic (exact) mass is 320 g/mol. The molecule has 116 valence electrons. The minimum absolute atomic E-state index is 0.0463. The SMILES string of the molecule is Cc1ccc(S(=O)(=O)N=c2ccc(C)nn2CC(N)=O)cc1. The van der Waals surface area contributed by atoms with Gasteiger partial charge in [0, 0.05) is 0 Å². The maximum absolute atomic E-state index is 12.3. The Balaban J connectivity index is 2.56. The number of sulfonamides is 1. The van der Waals surface area contributed by atoms with Crippen molar-refractivity contribution in [1.82, 2.24) is 9.78 Å². The number of rotatable bonds is 4. The van der Waals surface area contributed by atoms with Gasteiger partial charge in [-0.15, -0.1) is 4.40 Å². The number of carbonyl (C=O) groups is 1. The number of carbonyl (C=O) groups excluding carboxylic acids is 1. The van der Waals surface area contributed by atoms with E-state index in [2.05, 4.69) is 9.50 Å². The van der Waals surface area contributed by atoms with Crippen LogP contribution in [0.1, 0.15) is 11.3 Å². The number of nitrogens with two attached hydrogens (primary N) is 1. The largest absolute Gasteiger partial charge is 0.368 e. The van der Waals surface area contributed by atoms with Crippen LogP contribution in [-0.2, 0) is 21.4 Å². The van der Waals surface area contributed by atoms with Crippen molar-refractivity contribution in [2.75, 3.05) is 0 Å². The first-order valence-corrected chi connectivity index (χ1v) is 7.93. The quantitative estimate of drug-likeness (QED) is 0.872. The summed E-state index contributed by atoms with van der Waals surface area (Å²) in [7, 11) is -3.89. The smallest absolute Gasteiger partial charge is 0.284 e. The van der Waals surface area contributed by atoms with E-state index in [1.54, 1.807) is 25.1 Å². The molecule has 8 heteroatoms. The van der Waals surface area contributed by atoms with E-state index < -0.39 is 15.9 Å². The van der Waals surface area contributed by atoms with Crippen molar-refractivity contribution >= 4 is 15.9 Å². The van der Waals surface area contributed by atoms with E-state index in [4.69, 9.17) is 5.73 Å². The summed E-state index contributed by atoms with van der Waals surface area (Å²) < 4.78 is 29.5. The number of hydrogen-bond donors (Lipinski definition) is 1. The van der Waals surface area contributed by atoms with Crippen LogP contribution in [0.4, 0.5) is 0 Å². The molecule has 0 spiro atoms. The Labute approximate surface area is 128 Å². The number of primary amides is 1. The highest BCUT2D eigenvalue weighted by molar-refractivity contribution is 7.90. The first-order chi connectivity index (χ1) is 10.3. The molecule has 0 unspecified atom stereocenters. The van der Waals surface area contributed by atoms with E-state index in [1.165, 1.54) is 22.9 Å². The number of amides is 1. The Morgan fingerprint density at radius 2 is 1.82 bits per heavy atom. The van der Waals surface area contributed by atoms with E-state index in [0.717, 1.165) is 5.56 Å². The fraction of sp³-hybridized carbons (Fsp3) is 0.214. The summed E-state index contributed by atoms with van der Waals surface area (Å²) in [5, 5.41) is 4.06. The Morgan fingerprint density at radius 3 is 2.41 bits per heavy atom. The fourth-order valence-electron chi connectivity index (χ4n) is 1.78. The summed E-state index contributed by atoms with van der Waals surface area (Å²) in [6.07, 6.45) is 0. The van der Waals surface area contributed by atoms with Gasteiger partial charge in [-0.1, -0.05) is 17.7 Å². The standard InChI is InChI=1S/C14H16N4O3S/c1-10-3-6-12(7-4-10)22(20,21)17-14-8-5-11(2)16-18(14)9-13(15)19/h3-8H,9H2,1-2H3,(H2,15,19). The summed E-state index contributed by atoms with van der Waals surface area (Å²) >= 11 is 0. The third-order valence-corrected chi connectivity index (χ3v) is 4.15. The second kappa shape index (κ2) is 6.10. The molecule has 0 aliphatic heterocycles. The van der Waals surface area contributed by atoms with Crippen LogP contribution in [0.5, 0.6) is 0 Å². The summed E-state index contributed by atoms with van der Waals surface area (Å²) in [4.78, 5) is 11.1. The lowest BCUT2D eigenvalue weighted by atomic mass is 10.2. The predicted molar refractivity (Wildman–Crippen MR) is 80.1 cm³/mol. The predicted octanol–water partition coefficient (Wildman–Crippen LogP) is 0.275. The Kier molecular flexibility index (Phi) is 4.41. The van der Waals surface area contributed by atoms with Crippen molar-refractivity contribution in [3.8, 4) is 0 Å². The summed E-state index contributed by atoms with van der Waals surface area (Å²) in [5.74, 6) is -0.632. The second-order valence-electron chi connectivity index (χ2n) is 4.84.